The van der Waals surface area contributed by atoms with E-state index in [1.54, 1.807) is 0 Å². The van der Waals surface area contributed by atoms with Gasteiger partial charge >= 0.3 is 0 Å². The first-order valence-electron chi connectivity index (χ1n) is 19.3. The van der Waals surface area contributed by atoms with Crippen molar-refractivity contribution in [1.82, 2.24) is 4.90 Å². The van der Waals surface area contributed by atoms with E-state index in [0.717, 1.165) is 24.6 Å². The van der Waals surface area contributed by atoms with E-state index in [4.69, 9.17) is 0 Å². The minimum atomic E-state index is 0.300. The highest BCUT2D eigenvalue weighted by molar-refractivity contribution is 5.75. The van der Waals surface area contributed by atoms with Crippen LogP contribution in [0.2, 0.25) is 0 Å². The van der Waals surface area contributed by atoms with Crippen LogP contribution in [0.4, 0.5) is 0 Å². The fourth-order valence-corrected chi connectivity index (χ4v) is 7.41. The molecule has 49 heavy (non-hydrogen) atoms. The van der Waals surface area contributed by atoms with Crippen LogP contribution in [-0.4, -0.2) is 18.5 Å². The lowest BCUT2D eigenvalue weighted by Crippen LogP contribution is -2.38. The Morgan fingerprint density at radius 3 is 2.24 bits per heavy atom. The molecular weight excluding hydrogens is 591 g/mol. The zero-order valence-electron chi connectivity index (χ0n) is 33.5. The fourth-order valence-electron chi connectivity index (χ4n) is 7.41. The molecule has 1 nitrogen and oxygen atoms in total. The smallest absolute Gasteiger partial charge is 0.0425 e. The first-order chi connectivity index (χ1) is 23.3. The van der Waals surface area contributed by atoms with Crippen LogP contribution in [0, 0.1) is 43.9 Å². The van der Waals surface area contributed by atoms with Gasteiger partial charge in [0.15, 0.2) is 0 Å². The van der Waals surface area contributed by atoms with Crippen molar-refractivity contribution in [2.24, 2.45) is 23.2 Å². The summed E-state index contributed by atoms with van der Waals surface area (Å²) in [7, 11) is 2.16. The first-order valence-corrected chi connectivity index (χ1v) is 19.3. The Balaban J connectivity index is 0.00000409. The third-order valence-electron chi connectivity index (χ3n) is 11.4. The van der Waals surface area contributed by atoms with Crippen molar-refractivity contribution in [3.63, 3.8) is 0 Å². The van der Waals surface area contributed by atoms with Crippen LogP contribution in [0.25, 0.3) is 11.3 Å². The van der Waals surface area contributed by atoms with Gasteiger partial charge in [0.2, 0.25) is 0 Å². The molecule has 0 bridgehead atoms. The minimum Gasteiger partial charge on any atom is -0.370 e. The Morgan fingerprint density at radius 2 is 1.69 bits per heavy atom. The van der Waals surface area contributed by atoms with Gasteiger partial charge in [0, 0.05) is 19.3 Å². The molecule has 1 aliphatic carbocycles. The Kier molecular flexibility index (Phi) is 17.4. The summed E-state index contributed by atoms with van der Waals surface area (Å²) >= 11 is 0. The molecule has 4 unspecified atom stereocenters. The number of rotatable bonds is 18. The van der Waals surface area contributed by atoms with Gasteiger partial charge in [-0.3, -0.25) is 0 Å². The maximum atomic E-state index is 4.59. The second-order valence-corrected chi connectivity index (χ2v) is 14.7. The zero-order chi connectivity index (χ0) is 36.7. The average molecular weight is 662 g/mol. The summed E-state index contributed by atoms with van der Waals surface area (Å²) in [6.45, 7) is 36.1. The SMILES string of the molecule is C=CC(C)/C=C(\C=C/Cc1cccc(C(=C)N(C)C/C(=C\C)C(=C)C(C)CCCC2(CCC)CCC2C)c1)c1cc(C)c(C)c(C)c1.CC. The van der Waals surface area contributed by atoms with Crippen molar-refractivity contribution in [2.45, 2.75) is 121 Å². The molecule has 0 radical (unpaired) electrons. The third kappa shape index (κ3) is 11.6. The number of allylic oxidation sites excluding steroid dienone is 6. The van der Waals surface area contributed by atoms with E-state index in [-0.39, 0.29) is 0 Å². The zero-order valence-corrected chi connectivity index (χ0v) is 33.5. The summed E-state index contributed by atoms with van der Waals surface area (Å²) in [6.07, 6.45) is 21.5. The molecule has 0 spiro atoms. The van der Waals surface area contributed by atoms with Crippen molar-refractivity contribution in [2.75, 3.05) is 13.6 Å². The highest BCUT2D eigenvalue weighted by atomic mass is 15.1. The Bertz CT molecular complexity index is 1460. The standard InChI is InChI=1S/C46H65N.C2H6/c1-13-25-46(27-24-37(46)8)26-18-19-34(5)39(10)42(15-3)32-47(12)40(11)43-22-16-20-41(31-43)21-17-23-44(28-33(4)14-2)45-29-35(6)38(9)36(7)30-45;1-2/h14-17,20,22-23,28-31,33-34,37H,2,10-11,13,18-19,21,24-27,32H2,1,3-9,12H3;1-2H3/b23-17-,42-15+,44-28+;. The van der Waals surface area contributed by atoms with Gasteiger partial charge in [-0.2, -0.15) is 0 Å². The normalized spacial score (nSPS) is 19.0. The molecule has 0 aromatic heterocycles. The predicted octanol–water partition coefficient (Wildman–Crippen LogP) is 14.1. The molecule has 0 heterocycles. The molecule has 1 aliphatic rings. The van der Waals surface area contributed by atoms with Crippen molar-refractivity contribution in [3.8, 4) is 0 Å². The molecule has 0 N–H and O–H groups in total. The topological polar surface area (TPSA) is 3.24 Å². The van der Waals surface area contributed by atoms with Crippen LogP contribution in [0.3, 0.4) is 0 Å². The second-order valence-electron chi connectivity index (χ2n) is 14.7. The van der Waals surface area contributed by atoms with Gasteiger partial charge in [0.25, 0.3) is 0 Å². The molecule has 0 aliphatic heterocycles. The molecule has 268 valence electrons. The molecule has 1 saturated carbocycles. The summed E-state index contributed by atoms with van der Waals surface area (Å²) in [5, 5.41) is 0. The van der Waals surface area contributed by atoms with E-state index in [1.807, 2.05) is 19.9 Å². The Hall–Kier alpha value is -3.32. The Labute approximate surface area is 303 Å². The monoisotopic (exact) mass is 662 g/mol. The van der Waals surface area contributed by atoms with E-state index < -0.39 is 0 Å². The van der Waals surface area contributed by atoms with Crippen LogP contribution < -0.4 is 0 Å². The lowest BCUT2D eigenvalue weighted by Gasteiger charge is -2.49. The predicted molar refractivity (Wildman–Crippen MR) is 222 cm³/mol. The quantitative estimate of drug-likeness (QED) is 0.113. The van der Waals surface area contributed by atoms with E-state index in [9.17, 15) is 0 Å². The molecule has 0 amide bonds. The largest absolute Gasteiger partial charge is 0.370 e. The van der Waals surface area contributed by atoms with Gasteiger partial charge in [-0.15, -0.1) is 6.58 Å². The number of benzene rings is 2. The van der Waals surface area contributed by atoms with Gasteiger partial charge < -0.3 is 4.90 Å². The number of likely N-dealkylation sites (N-methyl/N-ethyl adjacent to an activating group) is 1. The molecule has 0 saturated heterocycles. The second kappa shape index (κ2) is 20.4. The first kappa shape index (κ1) is 41.8. The van der Waals surface area contributed by atoms with Gasteiger partial charge in [-0.05, 0) is 146 Å². The van der Waals surface area contributed by atoms with Gasteiger partial charge in [0.05, 0.1) is 0 Å². The lowest BCUT2D eigenvalue weighted by molar-refractivity contribution is 0.0195. The third-order valence-corrected chi connectivity index (χ3v) is 11.4. The van der Waals surface area contributed by atoms with E-state index in [1.165, 1.54) is 95.0 Å². The van der Waals surface area contributed by atoms with Crippen LogP contribution >= 0.6 is 0 Å². The van der Waals surface area contributed by atoms with Crippen molar-refractivity contribution < 1.29 is 0 Å². The lowest BCUT2D eigenvalue weighted by atomic mass is 9.56. The van der Waals surface area contributed by atoms with Crippen molar-refractivity contribution >= 4 is 11.3 Å². The fraction of sp³-hybridized carbons (Fsp3) is 0.500. The summed E-state index contributed by atoms with van der Waals surface area (Å²) < 4.78 is 0. The summed E-state index contributed by atoms with van der Waals surface area (Å²) in [5.41, 5.74) is 13.3. The van der Waals surface area contributed by atoms with Crippen molar-refractivity contribution in [1.29, 1.82) is 0 Å². The Morgan fingerprint density at radius 1 is 1.02 bits per heavy atom. The van der Waals surface area contributed by atoms with E-state index >= 15 is 0 Å². The number of hydrogen-bond acceptors (Lipinski definition) is 1. The number of nitrogens with zero attached hydrogens (tertiary/aromatic N) is 1. The van der Waals surface area contributed by atoms with E-state index in [2.05, 4.69) is 148 Å². The summed E-state index contributed by atoms with van der Waals surface area (Å²) in [4.78, 5) is 2.29. The van der Waals surface area contributed by atoms with Crippen LogP contribution in [0.15, 0.2) is 97.7 Å². The molecular formula is C48H71N. The average Bonchev–Trinajstić information content (AvgIpc) is 3.11. The molecule has 2 aromatic rings. The van der Waals surface area contributed by atoms with E-state index in [0.29, 0.717) is 17.3 Å². The van der Waals surface area contributed by atoms with Gasteiger partial charge in [-0.25, -0.2) is 0 Å². The highest BCUT2D eigenvalue weighted by Gasteiger charge is 2.42. The van der Waals surface area contributed by atoms with Crippen LogP contribution in [0.5, 0.6) is 0 Å². The van der Waals surface area contributed by atoms with Crippen molar-refractivity contribution in [3.05, 3.63) is 131 Å². The molecule has 2 aromatic carbocycles. The minimum absolute atomic E-state index is 0.300. The van der Waals surface area contributed by atoms with Crippen LogP contribution in [0.1, 0.15) is 127 Å². The van der Waals surface area contributed by atoms with Gasteiger partial charge in [0.1, 0.15) is 0 Å². The van der Waals surface area contributed by atoms with Gasteiger partial charge in [-0.1, -0.05) is 128 Å². The molecule has 1 fully saturated rings. The summed E-state index contributed by atoms with van der Waals surface area (Å²) in [6, 6.07) is 13.5. The molecule has 4 atom stereocenters. The highest BCUT2D eigenvalue weighted by Crippen LogP contribution is 2.53. The number of hydrogen-bond donors (Lipinski definition) is 0. The summed E-state index contributed by atoms with van der Waals surface area (Å²) in [5.74, 6) is 1.69. The maximum Gasteiger partial charge on any atom is 0.0425 e. The van der Waals surface area contributed by atoms with Crippen LogP contribution in [-0.2, 0) is 6.42 Å². The number of aryl methyl sites for hydroxylation is 2. The maximum absolute atomic E-state index is 4.59. The molecule has 3 rings (SSSR count). The molecule has 1 heteroatoms.